The van der Waals surface area contributed by atoms with Crippen LogP contribution in [0.4, 0.5) is 8.78 Å². The standard InChI is InChI=1S/C15H19F2NO2/c16-13-6-5-11(9-14(13)17)10-15(20)18(7-2-8-19)12-3-1-4-12/h5-6,9,12,19H,1-4,7-8,10H2. The average molecular weight is 283 g/mol. The van der Waals surface area contributed by atoms with Crippen molar-refractivity contribution in [3.05, 3.63) is 35.4 Å². The molecule has 1 saturated carbocycles. The van der Waals surface area contributed by atoms with Crippen molar-refractivity contribution in [1.82, 2.24) is 4.90 Å². The van der Waals surface area contributed by atoms with E-state index in [9.17, 15) is 13.6 Å². The number of hydrogen-bond donors (Lipinski definition) is 1. The second-order valence-corrected chi connectivity index (χ2v) is 5.17. The van der Waals surface area contributed by atoms with Gasteiger partial charge in [0, 0.05) is 19.2 Å². The lowest BCUT2D eigenvalue weighted by Gasteiger charge is -2.37. The molecule has 3 nitrogen and oxygen atoms in total. The Bertz CT molecular complexity index is 475. The first-order valence-corrected chi connectivity index (χ1v) is 6.96. The SMILES string of the molecule is O=C(Cc1ccc(F)c(F)c1)N(CCCO)C1CCC1. The number of amides is 1. The third-order valence-electron chi connectivity index (χ3n) is 3.73. The Morgan fingerprint density at radius 1 is 1.30 bits per heavy atom. The first-order chi connectivity index (χ1) is 9.61. The van der Waals surface area contributed by atoms with Crippen LogP contribution >= 0.6 is 0 Å². The predicted molar refractivity (Wildman–Crippen MR) is 71.1 cm³/mol. The van der Waals surface area contributed by atoms with Gasteiger partial charge in [-0.15, -0.1) is 0 Å². The molecule has 0 heterocycles. The summed E-state index contributed by atoms with van der Waals surface area (Å²) in [7, 11) is 0. The van der Waals surface area contributed by atoms with E-state index >= 15 is 0 Å². The number of aliphatic hydroxyl groups excluding tert-OH is 1. The second kappa shape index (κ2) is 6.79. The van der Waals surface area contributed by atoms with Gasteiger partial charge in [0.15, 0.2) is 11.6 Å². The molecule has 5 heteroatoms. The second-order valence-electron chi connectivity index (χ2n) is 5.17. The first-order valence-electron chi connectivity index (χ1n) is 6.96. The molecule has 1 aliphatic carbocycles. The number of carbonyl (C=O) groups excluding carboxylic acids is 1. The Morgan fingerprint density at radius 3 is 2.60 bits per heavy atom. The lowest BCUT2D eigenvalue weighted by molar-refractivity contribution is -0.134. The van der Waals surface area contributed by atoms with Crippen molar-refractivity contribution in [1.29, 1.82) is 0 Å². The van der Waals surface area contributed by atoms with Crippen LogP contribution in [0.1, 0.15) is 31.2 Å². The zero-order valence-corrected chi connectivity index (χ0v) is 11.3. The summed E-state index contributed by atoms with van der Waals surface area (Å²) in [6.45, 7) is 0.561. The predicted octanol–water partition coefficient (Wildman–Crippen LogP) is 2.27. The minimum Gasteiger partial charge on any atom is -0.396 e. The van der Waals surface area contributed by atoms with E-state index in [1.165, 1.54) is 6.07 Å². The molecular formula is C15H19F2NO2. The summed E-state index contributed by atoms with van der Waals surface area (Å²) in [4.78, 5) is 14.0. The van der Waals surface area contributed by atoms with Crippen molar-refractivity contribution in [3.8, 4) is 0 Å². The van der Waals surface area contributed by atoms with Gasteiger partial charge in [-0.3, -0.25) is 4.79 Å². The Labute approximate surface area is 117 Å². The molecule has 0 aliphatic heterocycles. The van der Waals surface area contributed by atoms with Gasteiger partial charge in [-0.05, 0) is 43.4 Å². The Balaban J connectivity index is 2.01. The van der Waals surface area contributed by atoms with E-state index in [2.05, 4.69) is 0 Å². The summed E-state index contributed by atoms with van der Waals surface area (Å²) in [5, 5.41) is 8.90. The van der Waals surface area contributed by atoms with Crippen molar-refractivity contribution in [2.75, 3.05) is 13.2 Å². The molecule has 0 unspecified atom stereocenters. The highest BCUT2D eigenvalue weighted by Gasteiger charge is 2.28. The van der Waals surface area contributed by atoms with Gasteiger partial charge < -0.3 is 10.0 Å². The number of aliphatic hydroxyl groups is 1. The van der Waals surface area contributed by atoms with Gasteiger partial charge in [-0.25, -0.2) is 8.78 Å². The fourth-order valence-electron chi connectivity index (χ4n) is 2.38. The van der Waals surface area contributed by atoms with E-state index in [-0.39, 0.29) is 25.0 Å². The molecule has 0 aromatic heterocycles. The Kier molecular flexibility index (Phi) is 5.06. The third kappa shape index (κ3) is 3.54. The van der Waals surface area contributed by atoms with E-state index in [4.69, 9.17) is 5.11 Å². The molecule has 0 radical (unpaired) electrons. The van der Waals surface area contributed by atoms with E-state index in [0.29, 0.717) is 18.5 Å². The van der Waals surface area contributed by atoms with Gasteiger partial charge in [-0.2, -0.15) is 0 Å². The highest BCUT2D eigenvalue weighted by molar-refractivity contribution is 5.79. The number of halogens is 2. The molecule has 1 amide bonds. The van der Waals surface area contributed by atoms with Crippen LogP contribution in [0.5, 0.6) is 0 Å². The summed E-state index contributed by atoms with van der Waals surface area (Å²) < 4.78 is 26.0. The molecule has 0 atom stereocenters. The number of nitrogens with zero attached hydrogens (tertiary/aromatic N) is 1. The Hall–Kier alpha value is -1.49. The lowest BCUT2D eigenvalue weighted by Crippen LogP contribution is -2.45. The maximum absolute atomic E-state index is 13.1. The van der Waals surface area contributed by atoms with E-state index in [0.717, 1.165) is 31.4 Å². The summed E-state index contributed by atoms with van der Waals surface area (Å²) in [5.41, 5.74) is 0.474. The van der Waals surface area contributed by atoms with Crippen molar-refractivity contribution in [2.45, 2.75) is 38.1 Å². The minimum atomic E-state index is -0.930. The van der Waals surface area contributed by atoms with Gasteiger partial charge in [0.05, 0.1) is 6.42 Å². The van der Waals surface area contributed by atoms with Crippen LogP contribution in [0, 0.1) is 11.6 Å². The fourth-order valence-corrected chi connectivity index (χ4v) is 2.38. The van der Waals surface area contributed by atoms with Crippen molar-refractivity contribution in [2.24, 2.45) is 0 Å². The molecule has 1 N–H and O–H groups in total. The van der Waals surface area contributed by atoms with Gasteiger partial charge in [0.1, 0.15) is 0 Å². The topological polar surface area (TPSA) is 40.5 Å². The van der Waals surface area contributed by atoms with Gasteiger partial charge >= 0.3 is 0 Å². The molecule has 110 valence electrons. The van der Waals surface area contributed by atoms with Gasteiger partial charge in [0.2, 0.25) is 5.91 Å². The van der Waals surface area contributed by atoms with Crippen LogP contribution in [-0.2, 0) is 11.2 Å². The van der Waals surface area contributed by atoms with Crippen molar-refractivity contribution in [3.63, 3.8) is 0 Å². The largest absolute Gasteiger partial charge is 0.396 e. The number of hydrogen-bond acceptors (Lipinski definition) is 2. The first kappa shape index (κ1) is 14.9. The molecule has 0 saturated heterocycles. The van der Waals surface area contributed by atoms with Crippen LogP contribution < -0.4 is 0 Å². The van der Waals surface area contributed by atoms with E-state index in [1.807, 2.05) is 0 Å². The zero-order chi connectivity index (χ0) is 14.5. The third-order valence-corrected chi connectivity index (χ3v) is 3.73. The number of benzene rings is 1. The quantitative estimate of drug-likeness (QED) is 0.870. The molecule has 0 spiro atoms. The minimum absolute atomic E-state index is 0.0433. The van der Waals surface area contributed by atoms with Crippen molar-refractivity contribution >= 4 is 5.91 Å². The maximum atomic E-state index is 13.1. The van der Waals surface area contributed by atoms with Crippen LogP contribution in [0.3, 0.4) is 0 Å². The monoisotopic (exact) mass is 283 g/mol. The zero-order valence-electron chi connectivity index (χ0n) is 11.3. The van der Waals surface area contributed by atoms with E-state index < -0.39 is 11.6 Å². The van der Waals surface area contributed by atoms with E-state index in [1.54, 1.807) is 4.90 Å². The molecule has 1 aromatic carbocycles. The van der Waals surface area contributed by atoms with Crippen LogP contribution in [0.2, 0.25) is 0 Å². The van der Waals surface area contributed by atoms with Crippen LogP contribution in [0.25, 0.3) is 0 Å². The highest BCUT2D eigenvalue weighted by Crippen LogP contribution is 2.25. The average Bonchev–Trinajstić information content (AvgIpc) is 2.36. The number of rotatable bonds is 6. The Morgan fingerprint density at radius 2 is 2.05 bits per heavy atom. The maximum Gasteiger partial charge on any atom is 0.227 e. The molecular weight excluding hydrogens is 264 g/mol. The summed E-state index contributed by atoms with van der Waals surface area (Å²) in [6, 6.07) is 3.78. The smallest absolute Gasteiger partial charge is 0.227 e. The molecule has 1 fully saturated rings. The van der Waals surface area contributed by atoms with Gasteiger partial charge in [-0.1, -0.05) is 6.07 Å². The molecule has 20 heavy (non-hydrogen) atoms. The fraction of sp³-hybridized carbons (Fsp3) is 0.533. The lowest BCUT2D eigenvalue weighted by atomic mass is 9.91. The summed E-state index contributed by atoms with van der Waals surface area (Å²) in [5.74, 6) is -1.92. The molecule has 1 aromatic rings. The molecule has 0 bridgehead atoms. The molecule has 2 rings (SSSR count). The van der Waals surface area contributed by atoms with Crippen LogP contribution in [0.15, 0.2) is 18.2 Å². The van der Waals surface area contributed by atoms with Crippen molar-refractivity contribution < 1.29 is 18.7 Å². The number of carbonyl (C=O) groups is 1. The van der Waals surface area contributed by atoms with Gasteiger partial charge in [0.25, 0.3) is 0 Å². The highest BCUT2D eigenvalue weighted by atomic mass is 19.2. The van der Waals surface area contributed by atoms with Crippen LogP contribution in [-0.4, -0.2) is 35.1 Å². The normalized spacial score (nSPS) is 14.9. The summed E-state index contributed by atoms with van der Waals surface area (Å²) >= 11 is 0. The summed E-state index contributed by atoms with van der Waals surface area (Å²) in [6.07, 6.45) is 3.68. The molecule has 1 aliphatic rings.